The van der Waals surface area contributed by atoms with Gasteiger partial charge in [0, 0.05) is 24.3 Å². The molecule has 4 rings (SSSR count). The van der Waals surface area contributed by atoms with E-state index in [2.05, 4.69) is 24.8 Å². The molecule has 0 saturated carbocycles. The Morgan fingerprint density at radius 3 is 2.70 bits per heavy atom. The first-order valence-corrected chi connectivity index (χ1v) is 7.63. The molecule has 23 heavy (non-hydrogen) atoms. The highest BCUT2D eigenvalue weighted by Crippen LogP contribution is 2.33. The lowest BCUT2D eigenvalue weighted by atomic mass is 10.1. The lowest BCUT2D eigenvalue weighted by molar-refractivity contribution is 0.551. The maximum Gasteiger partial charge on any atom is 0.123 e. The summed E-state index contributed by atoms with van der Waals surface area (Å²) in [6.07, 6.45) is 6.17. The van der Waals surface area contributed by atoms with Gasteiger partial charge >= 0.3 is 0 Å². The van der Waals surface area contributed by atoms with Crippen molar-refractivity contribution in [1.29, 1.82) is 0 Å². The van der Waals surface area contributed by atoms with Gasteiger partial charge in [-0.3, -0.25) is 0 Å². The molecule has 116 valence electrons. The van der Waals surface area contributed by atoms with Crippen molar-refractivity contribution >= 4 is 0 Å². The maximum absolute atomic E-state index is 13.2. The van der Waals surface area contributed by atoms with Crippen molar-refractivity contribution in [2.45, 2.75) is 12.5 Å². The molecule has 1 aliphatic heterocycles. The fraction of sp³-hybridized carbons (Fsp3) is 0.235. The number of hydrogen-bond donors (Lipinski definition) is 1. The molecule has 0 amide bonds. The Bertz CT molecular complexity index is 792. The van der Waals surface area contributed by atoms with E-state index >= 15 is 0 Å². The fourth-order valence-electron chi connectivity index (χ4n) is 3.02. The Morgan fingerprint density at radius 2 is 2.00 bits per heavy atom. The predicted octanol–water partition coefficient (Wildman–Crippen LogP) is 2.68. The third kappa shape index (κ3) is 2.61. The number of halogens is 1. The number of aromatic nitrogens is 4. The Balaban J connectivity index is 1.87. The van der Waals surface area contributed by atoms with E-state index in [0.717, 1.165) is 42.2 Å². The van der Waals surface area contributed by atoms with Crippen LogP contribution < -0.4 is 5.32 Å². The number of nitrogens with one attached hydrogen (secondary N) is 1. The standard InChI is InChI=1S/C17H16FN5/c18-13-3-1-12(2-4-13)16-17(15-6-8-20-10-21-15)23(11-22-16)14-5-7-19-9-14/h1-4,6,8,10-11,14,19H,5,7,9H2/t14-/m1/s1. The maximum atomic E-state index is 13.2. The second kappa shape index (κ2) is 5.89. The first kappa shape index (κ1) is 14.0. The summed E-state index contributed by atoms with van der Waals surface area (Å²) in [4.78, 5) is 13.0. The molecular weight excluding hydrogens is 293 g/mol. The molecule has 1 aliphatic rings. The highest BCUT2D eigenvalue weighted by molar-refractivity contribution is 5.76. The topological polar surface area (TPSA) is 55.6 Å². The zero-order valence-corrected chi connectivity index (χ0v) is 12.5. The van der Waals surface area contributed by atoms with E-state index in [9.17, 15) is 4.39 Å². The zero-order chi connectivity index (χ0) is 15.6. The quantitative estimate of drug-likeness (QED) is 0.808. The van der Waals surface area contributed by atoms with Crippen molar-refractivity contribution < 1.29 is 4.39 Å². The van der Waals surface area contributed by atoms with E-state index in [1.54, 1.807) is 18.3 Å². The summed E-state index contributed by atoms with van der Waals surface area (Å²) in [6, 6.07) is 8.63. The van der Waals surface area contributed by atoms with Gasteiger partial charge in [0.2, 0.25) is 0 Å². The Morgan fingerprint density at radius 1 is 1.13 bits per heavy atom. The molecule has 6 heteroatoms. The van der Waals surface area contributed by atoms with Gasteiger partial charge in [0.1, 0.15) is 12.1 Å². The van der Waals surface area contributed by atoms with Crippen molar-refractivity contribution in [2.24, 2.45) is 0 Å². The Labute approximate surface area is 133 Å². The summed E-state index contributed by atoms with van der Waals surface area (Å²) in [5.74, 6) is -0.253. The van der Waals surface area contributed by atoms with Gasteiger partial charge in [0.05, 0.1) is 23.4 Å². The summed E-state index contributed by atoms with van der Waals surface area (Å²) < 4.78 is 15.4. The molecule has 1 saturated heterocycles. The molecule has 2 aromatic heterocycles. The van der Waals surface area contributed by atoms with Crippen LogP contribution in [0.15, 0.2) is 49.2 Å². The molecule has 0 aliphatic carbocycles. The highest BCUT2D eigenvalue weighted by atomic mass is 19.1. The Kier molecular flexibility index (Phi) is 3.59. The molecule has 1 fully saturated rings. The Hall–Kier alpha value is -2.60. The zero-order valence-electron chi connectivity index (χ0n) is 12.5. The molecule has 3 aromatic rings. The molecule has 0 spiro atoms. The smallest absolute Gasteiger partial charge is 0.123 e. The minimum Gasteiger partial charge on any atom is -0.324 e. The van der Waals surface area contributed by atoms with E-state index in [0.29, 0.717) is 6.04 Å². The average molecular weight is 309 g/mol. The van der Waals surface area contributed by atoms with Crippen LogP contribution in [0, 0.1) is 5.82 Å². The van der Waals surface area contributed by atoms with Crippen LogP contribution in [0.1, 0.15) is 12.5 Å². The van der Waals surface area contributed by atoms with Crippen LogP contribution in [0.25, 0.3) is 22.6 Å². The normalized spacial score (nSPS) is 17.5. The molecule has 1 N–H and O–H groups in total. The summed E-state index contributed by atoms with van der Waals surface area (Å²) in [5.41, 5.74) is 3.47. The van der Waals surface area contributed by atoms with Crippen LogP contribution in [0.3, 0.4) is 0 Å². The lowest BCUT2D eigenvalue weighted by Crippen LogP contribution is -2.13. The van der Waals surface area contributed by atoms with Crippen LogP contribution in [-0.4, -0.2) is 32.6 Å². The molecule has 5 nitrogen and oxygen atoms in total. The van der Waals surface area contributed by atoms with E-state index < -0.39 is 0 Å². The SMILES string of the molecule is Fc1ccc(-c2ncn([C@@H]3CCNC3)c2-c2ccncn2)cc1. The van der Waals surface area contributed by atoms with Gasteiger partial charge in [-0.05, 0) is 43.3 Å². The number of rotatable bonds is 3. The van der Waals surface area contributed by atoms with Crippen molar-refractivity contribution in [3.8, 4) is 22.6 Å². The largest absolute Gasteiger partial charge is 0.324 e. The third-order valence-corrected chi connectivity index (χ3v) is 4.16. The van der Waals surface area contributed by atoms with Crippen molar-refractivity contribution in [3.05, 3.63) is 55.0 Å². The van der Waals surface area contributed by atoms with Gasteiger partial charge in [-0.25, -0.2) is 19.3 Å². The van der Waals surface area contributed by atoms with Gasteiger partial charge in [-0.1, -0.05) is 0 Å². The minimum absolute atomic E-state index is 0.253. The fourth-order valence-corrected chi connectivity index (χ4v) is 3.02. The number of hydrogen-bond acceptors (Lipinski definition) is 4. The number of benzene rings is 1. The van der Waals surface area contributed by atoms with Gasteiger partial charge in [-0.15, -0.1) is 0 Å². The van der Waals surface area contributed by atoms with Crippen LogP contribution >= 0.6 is 0 Å². The first-order chi connectivity index (χ1) is 11.3. The highest BCUT2D eigenvalue weighted by Gasteiger charge is 2.23. The van der Waals surface area contributed by atoms with Crippen LogP contribution in [0.4, 0.5) is 4.39 Å². The number of imidazole rings is 1. The summed E-state index contributed by atoms with van der Waals surface area (Å²) in [7, 11) is 0. The van der Waals surface area contributed by atoms with Gasteiger partial charge in [0.25, 0.3) is 0 Å². The van der Waals surface area contributed by atoms with E-state index in [1.807, 2.05) is 12.4 Å². The average Bonchev–Trinajstić information content (AvgIpc) is 3.25. The van der Waals surface area contributed by atoms with Gasteiger partial charge in [-0.2, -0.15) is 0 Å². The van der Waals surface area contributed by atoms with E-state index in [4.69, 9.17) is 0 Å². The van der Waals surface area contributed by atoms with E-state index in [-0.39, 0.29) is 5.82 Å². The number of nitrogens with zero attached hydrogens (tertiary/aromatic N) is 4. The predicted molar refractivity (Wildman–Crippen MR) is 85.2 cm³/mol. The molecule has 0 bridgehead atoms. The van der Waals surface area contributed by atoms with E-state index in [1.165, 1.54) is 18.5 Å². The summed E-state index contributed by atoms with van der Waals surface area (Å²) >= 11 is 0. The molecule has 0 radical (unpaired) electrons. The molecule has 3 heterocycles. The molecule has 1 aromatic carbocycles. The van der Waals surface area contributed by atoms with Crippen LogP contribution in [0.2, 0.25) is 0 Å². The monoisotopic (exact) mass is 309 g/mol. The van der Waals surface area contributed by atoms with Gasteiger partial charge in [0.15, 0.2) is 0 Å². The summed E-state index contributed by atoms with van der Waals surface area (Å²) in [6.45, 7) is 1.91. The second-order valence-electron chi connectivity index (χ2n) is 5.60. The van der Waals surface area contributed by atoms with Crippen LogP contribution in [-0.2, 0) is 0 Å². The van der Waals surface area contributed by atoms with Gasteiger partial charge < -0.3 is 9.88 Å². The minimum atomic E-state index is -0.253. The van der Waals surface area contributed by atoms with Crippen molar-refractivity contribution in [3.63, 3.8) is 0 Å². The van der Waals surface area contributed by atoms with Crippen molar-refractivity contribution in [1.82, 2.24) is 24.8 Å². The van der Waals surface area contributed by atoms with Crippen LogP contribution in [0.5, 0.6) is 0 Å². The first-order valence-electron chi connectivity index (χ1n) is 7.63. The lowest BCUT2D eigenvalue weighted by Gasteiger charge is -2.15. The molecular formula is C17H16FN5. The van der Waals surface area contributed by atoms with Crippen molar-refractivity contribution in [2.75, 3.05) is 13.1 Å². The molecule has 0 unspecified atom stereocenters. The second-order valence-corrected chi connectivity index (χ2v) is 5.60. The third-order valence-electron chi connectivity index (χ3n) is 4.16. The summed E-state index contributed by atoms with van der Waals surface area (Å²) in [5, 5.41) is 3.38. The molecule has 1 atom stereocenters.